The molecule has 0 aliphatic rings. The molecule has 0 saturated carbocycles. The minimum Gasteiger partial charge on any atom is -0.343 e. The maximum atomic E-state index is 12.0. The number of nitrogens with zero attached hydrogens (tertiary/aromatic N) is 2. The topological polar surface area (TPSA) is 33.2 Å². The lowest BCUT2D eigenvalue weighted by Crippen LogP contribution is -2.30. The molecule has 2 aromatic rings. The molecule has 2 rings (SSSR count). The summed E-state index contributed by atoms with van der Waals surface area (Å²) in [6.45, 7) is 7.66. The van der Waals surface area contributed by atoms with Crippen LogP contribution in [0.4, 0.5) is 0 Å². The van der Waals surface area contributed by atoms with E-state index in [2.05, 4.69) is 41.6 Å². The van der Waals surface area contributed by atoms with E-state index in [0.29, 0.717) is 6.42 Å². The summed E-state index contributed by atoms with van der Waals surface area (Å²) in [6.07, 6.45) is 1.26. The minimum absolute atomic E-state index is 0.213. The lowest BCUT2D eigenvalue weighted by molar-refractivity contribution is -0.130. The van der Waals surface area contributed by atoms with E-state index < -0.39 is 0 Å². The molecular formula is C17H22N2OS. The molecule has 4 heteroatoms. The third kappa shape index (κ3) is 4.14. The summed E-state index contributed by atoms with van der Waals surface area (Å²) in [5.41, 5.74) is 3.41. The van der Waals surface area contributed by atoms with E-state index >= 15 is 0 Å². The van der Waals surface area contributed by atoms with Crippen molar-refractivity contribution in [3.63, 3.8) is 0 Å². The standard InChI is InChI=1S/C17H22N2OS/c1-4-19(5-2)16(20)11-10-15-12-21-17(18-15)14-8-6-13(3)7-9-14/h6-9,12H,4-5,10-11H2,1-3H3. The van der Waals surface area contributed by atoms with Crippen molar-refractivity contribution < 1.29 is 4.79 Å². The monoisotopic (exact) mass is 302 g/mol. The summed E-state index contributed by atoms with van der Waals surface area (Å²) in [6, 6.07) is 8.39. The zero-order valence-electron chi connectivity index (χ0n) is 12.9. The molecule has 0 aliphatic carbocycles. The second-order valence-electron chi connectivity index (χ2n) is 5.08. The van der Waals surface area contributed by atoms with Crippen LogP contribution in [0.25, 0.3) is 10.6 Å². The number of carbonyl (C=O) groups excluding carboxylic acids is 1. The number of aryl methyl sites for hydroxylation is 2. The van der Waals surface area contributed by atoms with Crippen LogP contribution in [0.1, 0.15) is 31.5 Å². The third-order valence-corrected chi connectivity index (χ3v) is 4.50. The predicted molar refractivity (Wildman–Crippen MR) is 88.5 cm³/mol. The van der Waals surface area contributed by atoms with Crippen molar-refractivity contribution in [1.29, 1.82) is 0 Å². The Kier molecular flexibility index (Phi) is 5.51. The van der Waals surface area contributed by atoms with Crippen molar-refractivity contribution in [3.05, 3.63) is 40.9 Å². The third-order valence-electron chi connectivity index (χ3n) is 3.56. The van der Waals surface area contributed by atoms with Crippen LogP contribution in [0.3, 0.4) is 0 Å². The highest BCUT2D eigenvalue weighted by atomic mass is 32.1. The molecule has 0 unspecified atom stereocenters. The van der Waals surface area contributed by atoms with Crippen molar-refractivity contribution >= 4 is 17.2 Å². The molecular weight excluding hydrogens is 280 g/mol. The van der Waals surface area contributed by atoms with Gasteiger partial charge in [0.2, 0.25) is 5.91 Å². The van der Waals surface area contributed by atoms with Gasteiger partial charge in [-0.2, -0.15) is 0 Å². The van der Waals surface area contributed by atoms with Gasteiger partial charge in [0.15, 0.2) is 0 Å². The van der Waals surface area contributed by atoms with Crippen molar-refractivity contribution in [2.24, 2.45) is 0 Å². The molecule has 1 aromatic carbocycles. The van der Waals surface area contributed by atoms with Gasteiger partial charge in [0.1, 0.15) is 5.01 Å². The Morgan fingerprint density at radius 1 is 1.19 bits per heavy atom. The van der Waals surface area contributed by atoms with Crippen molar-refractivity contribution in [2.45, 2.75) is 33.6 Å². The van der Waals surface area contributed by atoms with E-state index in [0.717, 1.165) is 35.8 Å². The quantitative estimate of drug-likeness (QED) is 0.810. The van der Waals surface area contributed by atoms with Gasteiger partial charge < -0.3 is 4.90 Å². The summed E-state index contributed by atoms with van der Waals surface area (Å²) >= 11 is 1.64. The zero-order chi connectivity index (χ0) is 15.2. The molecule has 0 saturated heterocycles. The van der Waals surface area contributed by atoms with Gasteiger partial charge in [0.05, 0.1) is 5.69 Å². The Labute approximate surface area is 130 Å². The lowest BCUT2D eigenvalue weighted by atomic mass is 10.1. The highest BCUT2D eigenvalue weighted by Crippen LogP contribution is 2.24. The normalized spacial score (nSPS) is 10.6. The smallest absolute Gasteiger partial charge is 0.222 e. The molecule has 0 N–H and O–H groups in total. The number of rotatable bonds is 6. The van der Waals surface area contributed by atoms with Crippen LogP contribution in [0, 0.1) is 6.92 Å². The molecule has 1 aromatic heterocycles. The van der Waals surface area contributed by atoms with Gasteiger partial charge >= 0.3 is 0 Å². The highest BCUT2D eigenvalue weighted by molar-refractivity contribution is 7.13. The van der Waals surface area contributed by atoms with Crippen LogP contribution in [0.5, 0.6) is 0 Å². The summed E-state index contributed by atoms with van der Waals surface area (Å²) < 4.78 is 0. The van der Waals surface area contributed by atoms with Gasteiger partial charge in [-0.05, 0) is 27.2 Å². The van der Waals surface area contributed by atoms with E-state index in [1.807, 2.05) is 18.7 Å². The molecule has 3 nitrogen and oxygen atoms in total. The van der Waals surface area contributed by atoms with Gasteiger partial charge in [-0.1, -0.05) is 29.8 Å². The molecule has 0 spiro atoms. The van der Waals surface area contributed by atoms with E-state index in [1.54, 1.807) is 11.3 Å². The number of hydrogen-bond donors (Lipinski definition) is 0. The fraction of sp³-hybridized carbons (Fsp3) is 0.412. The maximum Gasteiger partial charge on any atom is 0.222 e. The lowest BCUT2D eigenvalue weighted by Gasteiger charge is -2.17. The predicted octanol–water partition coefficient (Wildman–Crippen LogP) is 3.92. The van der Waals surface area contributed by atoms with Crippen molar-refractivity contribution in [1.82, 2.24) is 9.88 Å². The number of benzene rings is 1. The fourth-order valence-corrected chi connectivity index (χ4v) is 3.08. The average molecular weight is 302 g/mol. The molecule has 1 amide bonds. The first kappa shape index (κ1) is 15.7. The molecule has 1 heterocycles. The van der Waals surface area contributed by atoms with Gasteiger partial charge in [-0.3, -0.25) is 4.79 Å². The van der Waals surface area contributed by atoms with Crippen molar-refractivity contribution in [2.75, 3.05) is 13.1 Å². The number of hydrogen-bond acceptors (Lipinski definition) is 3. The van der Waals surface area contributed by atoms with Crippen LogP contribution in [0.2, 0.25) is 0 Å². The van der Waals surface area contributed by atoms with Gasteiger partial charge in [-0.25, -0.2) is 4.98 Å². The second-order valence-corrected chi connectivity index (χ2v) is 5.93. The molecule has 21 heavy (non-hydrogen) atoms. The Morgan fingerprint density at radius 2 is 1.86 bits per heavy atom. The molecule has 112 valence electrons. The zero-order valence-corrected chi connectivity index (χ0v) is 13.7. The SMILES string of the molecule is CCN(CC)C(=O)CCc1csc(-c2ccc(C)cc2)n1. The maximum absolute atomic E-state index is 12.0. The molecule has 0 atom stereocenters. The Balaban J connectivity index is 1.97. The molecule has 0 fully saturated rings. The summed E-state index contributed by atoms with van der Waals surface area (Å²) in [7, 11) is 0. The van der Waals surface area contributed by atoms with Crippen LogP contribution in [0.15, 0.2) is 29.6 Å². The summed E-state index contributed by atoms with van der Waals surface area (Å²) in [5, 5.41) is 3.09. The van der Waals surface area contributed by atoms with Crippen molar-refractivity contribution in [3.8, 4) is 10.6 Å². The summed E-state index contributed by atoms with van der Waals surface area (Å²) in [5.74, 6) is 0.213. The Hall–Kier alpha value is -1.68. The second kappa shape index (κ2) is 7.36. The summed E-state index contributed by atoms with van der Waals surface area (Å²) in [4.78, 5) is 18.5. The van der Waals surface area contributed by atoms with Gasteiger partial charge in [0.25, 0.3) is 0 Å². The number of carbonyl (C=O) groups is 1. The number of thiazole rings is 1. The largest absolute Gasteiger partial charge is 0.343 e. The first-order chi connectivity index (χ1) is 10.1. The molecule has 0 bridgehead atoms. The average Bonchev–Trinajstić information content (AvgIpc) is 2.96. The Bertz CT molecular complexity index is 585. The van der Waals surface area contributed by atoms with Crippen LogP contribution < -0.4 is 0 Å². The molecule has 0 aliphatic heterocycles. The van der Waals surface area contributed by atoms with Gasteiger partial charge in [-0.15, -0.1) is 11.3 Å². The molecule has 0 radical (unpaired) electrons. The van der Waals surface area contributed by atoms with E-state index in [4.69, 9.17) is 0 Å². The van der Waals surface area contributed by atoms with E-state index in [1.165, 1.54) is 5.56 Å². The van der Waals surface area contributed by atoms with Gasteiger partial charge in [0, 0.05) is 30.5 Å². The number of amides is 1. The highest BCUT2D eigenvalue weighted by Gasteiger charge is 2.11. The van der Waals surface area contributed by atoms with Crippen LogP contribution in [-0.2, 0) is 11.2 Å². The first-order valence-electron chi connectivity index (χ1n) is 7.43. The fourth-order valence-electron chi connectivity index (χ4n) is 2.22. The van der Waals surface area contributed by atoms with E-state index in [-0.39, 0.29) is 5.91 Å². The number of aromatic nitrogens is 1. The van der Waals surface area contributed by atoms with E-state index in [9.17, 15) is 4.79 Å². The van der Waals surface area contributed by atoms with Crippen LogP contribution >= 0.6 is 11.3 Å². The minimum atomic E-state index is 0.213. The first-order valence-corrected chi connectivity index (χ1v) is 8.31. The van der Waals surface area contributed by atoms with Crippen LogP contribution in [-0.4, -0.2) is 28.9 Å². The Morgan fingerprint density at radius 3 is 2.48 bits per heavy atom.